The van der Waals surface area contributed by atoms with Crippen LogP contribution in [-0.4, -0.2) is 163 Å². The first-order valence-electron chi connectivity index (χ1n) is 21.7. The Kier molecular flexibility index (Phi) is 31.2. The van der Waals surface area contributed by atoms with Gasteiger partial charge in [0.2, 0.25) is 17.7 Å². The van der Waals surface area contributed by atoms with Crippen LogP contribution in [0.25, 0.3) is 0 Å². The molecule has 24 nitrogen and oxygen atoms in total. The number of rotatable bonds is 39. The Morgan fingerprint density at radius 3 is 1.80 bits per heavy atom. The number of amides is 6. The van der Waals surface area contributed by atoms with Crippen LogP contribution in [0.3, 0.4) is 0 Å². The van der Waals surface area contributed by atoms with Crippen molar-refractivity contribution in [3.8, 4) is 0 Å². The van der Waals surface area contributed by atoms with Gasteiger partial charge in [-0.1, -0.05) is 38.1 Å². The Bertz CT molecular complexity index is 1600. The zero-order valence-corrected chi connectivity index (χ0v) is 37.9. The van der Waals surface area contributed by atoms with Crippen LogP contribution in [0.2, 0.25) is 0 Å². The number of carbonyl (C=O) groups is 5. The Hall–Kier alpha value is -5.05. The van der Waals surface area contributed by atoms with E-state index in [9.17, 15) is 24.0 Å². The molecule has 24 heteroatoms. The van der Waals surface area contributed by atoms with Gasteiger partial charge in [-0.2, -0.15) is 0 Å². The van der Waals surface area contributed by atoms with Gasteiger partial charge in [0.15, 0.2) is 0 Å². The summed E-state index contributed by atoms with van der Waals surface area (Å²) in [5.41, 5.74) is 6.71. The lowest BCUT2D eigenvalue weighted by Crippen LogP contribution is -2.55. The van der Waals surface area contributed by atoms with Gasteiger partial charge in [-0.05, 0) is 42.9 Å². The molecule has 2 aromatic rings. The molecular formula is C41H70N10O14. The molecule has 0 aliphatic carbocycles. The van der Waals surface area contributed by atoms with Crippen LogP contribution in [0.5, 0.6) is 0 Å². The minimum absolute atomic E-state index is 0.0524. The van der Waals surface area contributed by atoms with E-state index in [1.807, 2.05) is 0 Å². The van der Waals surface area contributed by atoms with Crippen LogP contribution in [-0.2, 0) is 76.8 Å². The third-order valence-electron chi connectivity index (χ3n) is 8.72. The van der Waals surface area contributed by atoms with Crippen molar-refractivity contribution >= 4 is 35.5 Å². The van der Waals surface area contributed by atoms with E-state index in [0.29, 0.717) is 116 Å². The normalized spacial score (nSPS) is 12.1. The Morgan fingerprint density at radius 2 is 1.28 bits per heavy atom. The Morgan fingerprint density at radius 1 is 0.723 bits per heavy atom. The molecule has 6 amide bonds. The average Bonchev–Trinajstić information content (AvgIpc) is 3.74. The molecule has 0 radical (unpaired) electrons. The summed E-state index contributed by atoms with van der Waals surface area (Å²) in [5.74, 6) is 2.91. The molecule has 0 spiro atoms. The second kappa shape index (κ2) is 36.2. The Balaban J connectivity index is 1.58. The van der Waals surface area contributed by atoms with Crippen molar-refractivity contribution in [3.05, 3.63) is 41.7 Å². The van der Waals surface area contributed by atoms with Crippen molar-refractivity contribution in [2.24, 2.45) is 17.5 Å². The monoisotopic (exact) mass is 927 g/mol. The predicted molar refractivity (Wildman–Crippen MR) is 234 cm³/mol. The van der Waals surface area contributed by atoms with Crippen molar-refractivity contribution in [2.75, 3.05) is 111 Å². The number of benzene rings is 1. The fourth-order valence-electron chi connectivity index (χ4n) is 5.40. The molecule has 0 unspecified atom stereocenters. The summed E-state index contributed by atoms with van der Waals surface area (Å²) in [6.07, 6.45) is 2.48. The van der Waals surface area contributed by atoms with Gasteiger partial charge >= 0.3 is 12.1 Å². The number of hydrogen-bond donors (Lipinski definition) is 7. The predicted octanol–water partition coefficient (Wildman–Crippen LogP) is 0.134. The van der Waals surface area contributed by atoms with Crippen LogP contribution >= 0.6 is 0 Å². The molecule has 0 saturated carbocycles. The lowest BCUT2D eigenvalue weighted by atomic mass is 10.0. The smallest absolute Gasteiger partial charge is 0.407 e. The maximum absolute atomic E-state index is 13.3. The van der Waals surface area contributed by atoms with Crippen LogP contribution in [0, 0.1) is 5.92 Å². The SMILES string of the molecule is CCCOCCOCCOCCOCCOCCOCCOCCn1cc(CNC(=O)OCc2ccc(NC(=O)[C@H](CCCNC(N)=O)NC(=O)[C@@H](NC(=O)CON)C(C)C)cc2)nn1. The van der Waals surface area contributed by atoms with Gasteiger partial charge in [-0.25, -0.2) is 20.2 Å². The third-order valence-corrected chi connectivity index (χ3v) is 8.72. The maximum Gasteiger partial charge on any atom is 0.407 e. The van der Waals surface area contributed by atoms with Crippen LogP contribution in [0.15, 0.2) is 30.5 Å². The first kappa shape index (κ1) is 56.1. The average molecular weight is 927 g/mol. The van der Waals surface area contributed by atoms with Crippen molar-refractivity contribution < 1.29 is 66.7 Å². The molecule has 0 bridgehead atoms. The van der Waals surface area contributed by atoms with Crippen molar-refractivity contribution in [1.82, 2.24) is 36.3 Å². The number of carbonyl (C=O) groups excluding carboxylic acids is 5. The number of hydrogen-bond acceptors (Lipinski definition) is 17. The highest BCUT2D eigenvalue weighted by Gasteiger charge is 2.29. The zero-order valence-electron chi connectivity index (χ0n) is 37.9. The van der Waals surface area contributed by atoms with E-state index in [1.54, 1.807) is 49.0 Å². The molecular weight excluding hydrogens is 857 g/mol. The van der Waals surface area contributed by atoms with E-state index in [-0.39, 0.29) is 32.0 Å². The van der Waals surface area contributed by atoms with Crippen molar-refractivity contribution in [2.45, 2.75) is 71.8 Å². The number of nitrogens with one attached hydrogen (secondary N) is 5. The van der Waals surface area contributed by atoms with E-state index in [0.717, 1.165) is 13.0 Å². The Labute approximate surface area is 380 Å². The maximum atomic E-state index is 13.3. The lowest BCUT2D eigenvalue weighted by Gasteiger charge is -2.25. The summed E-state index contributed by atoms with van der Waals surface area (Å²) in [6, 6.07) is 3.82. The summed E-state index contributed by atoms with van der Waals surface area (Å²) in [7, 11) is 0. The second-order valence-corrected chi connectivity index (χ2v) is 14.5. The van der Waals surface area contributed by atoms with E-state index < -0.39 is 48.5 Å². The summed E-state index contributed by atoms with van der Waals surface area (Å²) >= 11 is 0. The van der Waals surface area contributed by atoms with Crippen molar-refractivity contribution in [3.63, 3.8) is 0 Å². The van der Waals surface area contributed by atoms with E-state index in [1.165, 1.54) is 0 Å². The zero-order chi connectivity index (χ0) is 47.3. The number of urea groups is 1. The highest BCUT2D eigenvalue weighted by atomic mass is 16.6. The molecule has 0 aliphatic heterocycles. The molecule has 0 saturated heterocycles. The molecule has 9 N–H and O–H groups in total. The second-order valence-electron chi connectivity index (χ2n) is 14.5. The van der Waals surface area contributed by atoms with Gasteiger partial charge in [0.1, 0.15) is 31.0 Å². The molecule has 65 heavy (non-hydrogen) atoms. The first-order valence-corrected chi connectivity index (χ1v) is 21.7. The molecule has 1 aromatic carbocycles. The third kappa shape index (κ3) is 28.5. The van der Waals surface area contributed by atoms with Gasteiger partial charge in [0, 0.05) is 18.8 Å². The van der Waals surface area contributed by atoms with Gasteiger partial charge in [-0.15, -0.1) is 5.10 Å². The topological polar surface area (TPSA) is 311 Å². The number of nitrogens with two attached hydrogens (primary N) is 2. The lowest BCUT2D eigenvalue weighted by molar-refractivity contribution is -0.133. The summed E-state index contributed by atoms with van der Waals surface area (Å²) in [4.78, 5) is 66.3. The number of anilines is 1. The molecule has 1 aromatic heterocycles. The summed E-state index contributed by atoms with van der Waals surface area (Å²) in [6.45, 7) is 12.7. The van der Waals surface area contributed by atoms with E-state index >= 15 is 0 Å². The first-order chi connectivity index (χ1) is 31.5. The molecule has 368 valence electrons. The number of aromatic nitrogens is 3. The van der Waals surface area contributed by atoms with E-state index in [2.05, 4.69) is 48.7 Å². The quantitative estimate of drug-likeness (QED) is 0.0346. The van der Waals surface area contributed by atoms with Crippen LogP contribution in [0.4, 0.5) is 15.3 Å². The highest BCUT2D eigenvalue weighted by Crippen LogP contribution is 2.13. The fourth-order valence-corrected chi connectivity index (χ4v) is 5.40. The molecule has 2 atom stereocenters. The van der Waals surface area contributed by atoms with Gasteiger partial charge in [0.05, 0.1) is 105 Å². The minimum Gasteiger partial charge on any atom is -0.445 e. The molecule has 1 heterocycles. The minimum atomic E-state index is -1.03. The fraction of sp³-hybridized carbons (Fsp3) is 0.683. The van der Waals surface area contributed by atoms with Crippen LogP contribution < -0.4 is 38.2 Å². The summed E-state index contributed by atoms with van der Waals surface area (Å²) < 4.78 is 45.2. The number of nitrogens with zero attached hydrogens (tertiary/aromatic N) is 3. The van der Waals surface area contributed by atoms with Gasteiger partial charge in [-0.3, -0.25) is 19.2 Å². The van der Waals surface area contributed by atoms with Gasteiger partial charge < -0.3 is 70.2 Å². The number of alkyl carbamates (subject to hydrolysis) is 1. The van der Waals surface area contributed by atoms with E-state index in [4.69, 9.17) is 49.5 Å². The standard InChI is InChI=1S/C41H70N10O14/c1-4-13-57-15-17-59-19-21-61-23-25-63-26-24-62-22-20-60-18-16-58-14-12-51-28-34(49-50-51)27-45-41(56)64-29-32-7-9-33(10-8-32)46-38(53)35(6-5-11-44-40(42)55)47-39(54)37(31(2)3)48-36(52)30-65-43/h7-10,28,31,35,37H,4-6,11-27,29-30,43H2,1-3H3,(H,45,56)(H,46,53)(H,47,54)(H,48,52)(H3,42,44,55)/t35-,37-/m0/s1. The molecule has 0 fully saturated rings. The van der Waals surface area contributed by atoms with Crippen LogP contribution in [0.1, 0.15) is 51.3 Å². The van der Waals surface area contributed by atoms with Gasteiger partial charge in [0.25, 0.3) is 0 Å². The molecule has 2 rings (SSSR count). The summed E-state index contributed by atoms with van der Waals surface area (Å²) in [5, 5.41) is 21.1. The van der Waals surface area contributed by atoms with Crippen molar-refractivity contribution in [1.29, 1.82) is 0 Å². The molecule has 0 aliphatic rings. The number of ether oxygens (including phenoxy) is 8. The largest absolute Gasteiger partial charge is 0.445 e. The number of primary amides is 1. The highest BCUT2D eigenvalue weighted by molar-refractivity contribution is 5.98.